The summed E-state index contributed by atoms with van der Waals surface area (Å²) >= 11 is 0. The highest BCUT2D eigenvalue weighted by atomic mass is 19.1. The van der Waals surface area contributed by atoms with Gasteiger partial charge in [0.05, 0.1) is 11.7 Å². The Hall–Kier alpha value is -3.10. The highest BCUT2D eigenvalue weighted by molar-refractivity contribution is 5.78. The number of nitrogens with zero attached hydrogens (tertiary/aromatic N) is 3. The molecule has 0 aliphatic rings. The van der Waals surface area contributed by atoms with Crippen LogP contribution in [0.1, 0.15) is 44.6 Å². The van der Waals surface area contributed by atoms with E-state index in [-0.39, 0.29) is 24.9 Å². The summed E-state index contributed by atoms with van der Waals surface area (Å²) in [7, 11) is 1.47. The van der Waals surface area contributed by atoms with Gasteiger partial charge in [-0.05, 0) is 29.5 Å². The van der Waals surface area contributed by atoms with Crippen LogP contribution in [0.25, 0.3) is 11.3 Å². The monoisotopic (exact) mass is 498 g/mol. The number of hydrogen-bond acceptors (Lipinski definition) is 4. The first-order valence-corrected chi connectivity index (χ1v) is 12.1. The predicted molar refractivity (Wildman–Crippen MR) is 138 cm³/mol. The van der Waals surface area contributed by atoms with E-state index in [0.717, 1.165) is 5.56 Å². The summed E-state index contributed by atoms with van der Waals surface area (Å²) in [6.45, 7) is 6.08. The summed E-state index contributed by atoms with van der Waals surface area (Å²) in [4.78, 5) is 19.9. The van der Waals surface area contributed by atoms with Crippen molar-refractivity contribution in [3.63, 3.8) is 0 Å². The second kappa shape index (κ2) is 12.2. The number of amides is 1. The third kappa shape index (κ3) is 6.98. The fourth-order valence-electron chi connectivity index (χ4n) is 4.32. The molecule has 2 atom stereocenters. The molecule has 0 saturated heterocycles. The van der Waals surface area contributed by atoms with Crippen LogP contribution in [-0.4, -0.2) is 53.3 Å². The number of nitrogens with two attached hydrogens (primary N) is 1. The van der Waals surface area contributed by atoms with Gasteiger partial charge in [0.2, 0.25) is 5.91 Å². The molecule has 2 N–H and O–H groups in total. The van der Waals surface area contributed by atoms with Crippen molar-refractivity contribution in [3.05, 3.63) is 78.0 Å². The summed E-state index contributed by atoms with van der Waals surface area (Å²) in [5.74, 6) is 0.0741. The number of carbonyl (C=O) groups is 1. The average molecular weight is 499 g/mol. The number of alkyl halides is 1. The minimum absolute atomic E-state index is 0.117. The minimum Gasteiger partial charge on any atom is -0.375 e. The van der Waals surface area contributed by atoms with E-state index in [1.165, 1.54) is 19.2 Å². The van der Waals surface area contributed by atoms with Crippen molar-refractivity contribution in [2.75, 3.05) is 26.9 Å². The molecular weight excluding hydrogens is 462 g/mol. The fraction of sp³-hybridized carbons (Fsp3) is 0.429. The number of methoxy groups -OCH3 is 1. The number of halogens is 2. The van der Waals surface area contributed by atoms with Crippen molar-refractivity contribution in [3.8, 4) is 11.3 Å². The molecule has 6 nitrogen and oxygen atoms in total. The van der Waals surface area contributed by atoms with Crippen LogP contribution in [0, 0.1) is 11.2 Å². The second-order valence-electron chi connectivity index (χ2n) is 10.1. The van der Waals surface area contributed by atoms with Crippen LogP contribution < -0.4 is 5.73 Å². The molecule has 2 aromatic carbocycles. The Morgan fingerprint density at radius 1 is 1.17 bits per heavy atom. The van der Waals surface area contributed by atoms with Crippen LogP contribution in [0.15, 0.2) is 60.8 Å². The Balaban J connectivity index is 2.15. The van der Waals surface area contributed by atoms with Gasteiger partial charge in [0, 0.05) is 38.0 Å². The van der Waals surface area contributed by atoms with Gasteiger partial charge >= 0.3 is 0 Å². The molecule has 0 spiro atoms. The van der Waals surface area contributed by atoms with Crippen LogP contribution in [0.3, 0.4) is 0 Å². The van der Waals surface area contributed by atoms with Crippen molar-refractivity contribution in [2.24, 2.45) is 11.1 Å². The van der Waals surface area contributed by atoms with Gasteiger partial charge in [0.15, 0.2) is 0 Å². The summed E-state index contributed by atoms with van der Waals surface area (Å²) in [5.41, 5.74) is 7.74. The molecule has 0 unspecified atom stereocenters. The normalized spacial score (nSPS) is 13.4. The number of hydrogen-bond donors (Lipinski definition) is 1. The Labute approximate surface area is 212 Å². The van der Waals surface area contributed by atoms with E-state index in [2.05, 4.69) is 0 Å². The Kier molecular flexibility index (Phi) is 9.34. The molecule has 0 saturated carbocycles. The van der Waals surface area contributed by atoms with Crippen LogP contribution in [0.2, 0.25) is 0 Å². The van der Waals surface area contributed by atoms with Gasteiger partial charge in [-0.3, -0.25) is 4.79 Å². The van der Waals surface area contributed by atoms with Crippen LogP contribution in [0.5, 0.6) is 0 Å². The SMILES string of the molecule is COCC(=O)N(CC[C@@H](N)CF)[C@@H](c1nc(-c2cccc(F)c2)cn1Cc1ccccc1)C(C)(C)C. The van der Waals surface area contributed by atoms with Crippen LogP contribution in [0.4, 0.5) is 8.78 Å². The summed E-state index contributed by atoms with van der Waals surface area (Å²) < 4.78 is 34.4. The highest BCUT2D eigenvalue weighted by Crippen LogP contribution is 2.39. The van der Waals surface area contributed by atoms with Gasteiger partial charge in [0.1, 0.15) is 24.9 Å². The van der Waals surface area contributed by atoms with Gasteiger partial charge in [-0.2, -0.15) is 0 Å². The third-order valence-electron chi connectivity index (χ3n) is 6.03. The molecule has 0 aliphatic carbocycles. The van der Waals surface area contributed by atoms with E-state index < -0.39 is 24.2 Å². The van der Waals surface area contributed by atoms with Crippen LogP contribution >= 0.6 is 0 Å². The fourth-order valence-corrected chi connectivity index (χ4v) is 4.32. The number of aromatic nitrogens is 2. The lowest BCUT2D eigenvalue weighted by molar-refractivity contribution is -0.140. The van der Waals surface area contributed by atoms with Gasteiger partial charge in [-0.1, -0.05) is 63.2 Å². The second-order valence-corrected chi connectivity index (χ2v) is 10.1. The predicted octanol–water partition coefficient (Wildman–Crippen LogP) is 4.99. The van der Waals surface area contributed by atoms with Gasteiger partial charge in [0.25, 0.3) is 0 Å². The lowest BCUT2D eigenvalue weighted by Crippen LogP contribution is -2.45. The molecule has 0 fully saturated rings. The third-order valence-corrected chi connectivity index (χ3v) is 6.03. The molecule has 0 bridgehead atoms. The standard InChI is InChI=1S/C28H36F2N4O2/c1-28(2,3)26(34(25(35)19-36-4)14-13-23(31)16-29)27-32-24(21-11-8-12-22(30)15-21)18-33(27)17-20-9-6-5-7-10-20/h5-12,15,18,23,26H,13-14,16-17,19,31H2,1-4H3/t23-,26+/m1/s1. The Morgan fingerprint density at radius 3 is 2.50 bits per heavy atom. The van der Waals surface area contributed by atoms with E-state index in [1.807, 2.05) is 67.9 Å². The van der Waals surface area contributed by atoms with Crippen molar-refractivity contribution < 1.29 is 18.3 Å². The molecule has 0 aliphatic heterocycles. The van der Waals surface area contributed by atoms with E-state index in [1.54, 1.807) is 11.0 Å². The van der Waals surface area contributed by atoms with E-state index in [9.17, 15) is 13.6 Å². The first-order chi connectivity index (χ1) is 17.1. The summed E-state index contributed by atoms with van der Waals surface area (Å²) in [5, 5.41) is 0. The lowest BCUT2D eigenvalue weighted by atomic mass is 9.84. The van der Waals surface area contributed by atoms with E-state index >= 15 is 0 Å². The maximum atomic E-state index is 14.0. The summed E-state index contributed by atoms with van der Waals surface area (Å²) in [6.07, 6.45) is 2.19. The number of carbonyl (C=O) groups excluding carboxylic acids is 1. The zero-order chi connectivity index (χ0) is 26.3. The average Bonchev–Trinajstić information content (AvgIpc) is 3.24. The molecule has 3 aromatic rings. The zero-order valence-corrected chi connectivity index (χ0v) is 21.5. The number of ether oxygens (including phenoxy) is 1. The van der Waals surface area contributed by atoms with Gasteiger partial charge in [-0.25, -0.2) is 13.8 Å². The van der Waals surface area contributed by atoms with Crippen LogP contribution in [-0.2, 0) is 16.1 Å². The topological polar surface area (TPSA) is 73.4 Å². The largest absolute Gasteiger partial charge is 0.375 e. The van der Waals surface area contributed by atoms with Crippen molar-refractivity contribution in [1.29, 1.82) is 0 Å². The van der Waals surface area contributed by atoms with Crippen molar-refractivity contribution >= 4 is 5.91 Å². The molecule has 194 valence electrons. The number of imidazole rings is 1. The molecule has 1 heterocycles. The van der Waals surface area contributed by atoms with Gasteiger partial charge in [-0.15, -0.1) is 0 Å². The molecular formula is C28H36F2N4O2. The molecule has 36 heavy (non-hydrogen) atoms. The lowest BCUT2D eigenvalue weighted by Gasteiger charge is -2.40. The molecule has 1 aromatic heterocycles. The molecule has 0 radical (unpaired) electrons. The highest BCUT2D eigenvalue weighted by Gasteiger charge is 2.38. The first kappa shape index (κ1) is 27.5. The maximum absolute atomic E-state index is 14.0. The maximum Gasteiger partial charge on any atom is 0.249 e. The van der Waals surface area contributed by atoms with E-state index in [4.69, 9.17) is 15.5 Å². The quantitative estimate of drug-likeness (QED) is 0.404. The minimum atomic E-state index is -0.671. The van der Waals surface area contributed by atoms with Gasteiger partial charge < -0.3 is 19.9 Å². The Morgan fingerprint density at radius 2 is 1.89 bits per heavy atom. The molecule has 8 heteroatoms. The first-order valence-electron chi connectivity index (χ1n) is 12.1. The smallest absolute Gasteiger partial charge is 0.249 e. The van der Waals surface area contributed by atoms with E-state index in [0.29, 0.717) is 30.0 Å². The summed E-state index contributed by atoms with van der Waals surface area (Å²) in [6, 6.07) is 15.1. The van der Waals surface area contributed by atoms with Crippen molar-refractivity contribution in [1.82, 2.24) is 14.5 Å². The number of benzene rings is 2. The molecule has 3 rings (SSSR count). The van der Waals surface area contributed by atoms with Crippen molar-refractivity contribution in [2.45, 2.75) is 45.8 Å². The Bertz CT molecular complexity index is 1130. The number of rotatable bonds is 11. The zero-order valence-electron chi connectivity index (χ0n) is 21.5. The molecule has 1 amide bonds.